The predicted molar refractivity (Wildman–Crippen MR) is 95.2 cm³/mol. The summed E-state index contributed by atoms with van der Waals surface area (Å²) in [5.74, 6) is 0.696. The van der Waals surface area contributed by atoms with E-state index in [0.717, 1.165) is 49.8 Å². The molecular formula is C18H27N5O2. The first kappa shape index (κ1) is 17.6. The van der Waals surface area contributed by atoms with Crippen molar-refractivity contribution >= 4 is 17.8 Å². The largest absolute Gasteiger partial charge is 0.348 e. The average molecular weight is 345 g/mol. The van der Waals surface area contributed by atoms with Crippen molar-refractivity contribution in [2.75, 3.05) is 32.1 Å². The first-order valence-electron chi connectivity index (χ1n) is 9.15. The van der Waals surface area contributed by atoms with Gasteiger partial charge in [0.05, 0.1) is 18.3 Å². The Morgan fingerprint density at radius 2 is 2.12 bits per heavy atom. The number of carbonyl (C=O) groups excluding carboxylic acids is 2. The number of amides is 2. The number of likely N-dealkylation sites (tertiary alicyclic amines) is 1. The molecule has 2 heterocycles. The zero-order valence-electron chi connectivity index (χ0n) is 15.1. The third-order valence-corrected chi connectivity index (χ3v) is 4.91. The van der Waals surface area contributed by atoms with Crippen molar-refractivity contribution in [1.82, 2.24) is 20.2 Å². The van der Waals surface area contributed by atoms with Crippen LogP contribution in [-0.4, -0.2) is 53.9 Å². The smallest absolute Gasteiger partial charge is 0.240 e. The Morgan fingerprint density at radius 1 is 1.28 bits per heavy atom. The molecule has 0 bridgehead atoms. The summed E-state index contributed by atoms with van der Waals surface area (Å²) in [5.41, 5.74) is 2.02. The minimum Gasteiger partial charge on any atom is -0.348 e. The Labute approximate surface area is 148 Å². The van der Waals surface area contributed by atoms with Crippen LogP contribution in [0.1, 0.15) is 55.8 Å². The van der Waals surface area contributed by atoms with Crippen LogP contribution in [0.15, 0.2) is 6.20 Å². The van der Waals surface area contributed by atoms with Crippen LogP contribution in [-0.2, 0) is 16.0 Å². The third kappa shape index (κ3) is 4.27. The van der Waals surface area contributed by atoms with Gasteiger partial charge in [-0.3, -0.25) is 9.59 Å². The van der Waals surface area contributed by atoms with Gasteiger partial charge in [-0.1, -0.05) is 6.42 Å². The number of hydrogen-bond donors (Lipinski definition) is 1. The molecule has 1 aromatic rings. The van der Waals surface area contributed by atoms with Gasteiger partial charge in [0.1, 0.15) is 0 Å². The fourth-order valence-corrected chi connectivity index (χ4v) is 3.52. The second-order valence-corrected chi connectivity index (χ2v) is 7.10. The second kappa shape index (κ2) is 7.80. The van der Waals surface area contributed by atoms with E-state index < -0.39 is 0 Å². The van der Waals surface area contributed by atoms with E-state index in [-0.39, 0.29) is 24.4 Å². The Balaban J connectivity index is 1.65. The van der Waals surface area contributed by atoms with E-state index in [2.05, 4.69) is 15.3 Å². The Kier molecular flexibility index (Phi) is 5.50. The summed E-state index contributed by atoms with van der Waals surface area (Å²) in [4.78, 5) is 37.1. The molecule has 7 heteroatoms. The second-order valence-electron chi connectivity index (χ2n) is 7.10. The number of nitrogens with one attached hydrogen (secondary N) is 1. The van der Waals surface area contributed by atoms with Gasteiger partial charge in [0, 0.05) is 38.8 Å². The maximum Gasteiger partial charge on any atom is 0.240 e. The first-order chi connectivity index (χ1) is 12.0. The molecule has 1 atom stereocenters. The van der Waals surface area contributed by atoms with Gasteiger partial charge in [0.2, 0.25) is 17.8 Å². The molecule has 25 heavy (non-hydrogen) atoms. The fourth-order valence-electron chi connectivity index (χ4n) is 3.52. The molecule has 0 aromatic carbocycles. The summed E-state index contributed by atoms with van der Waals surface area (Å²) in [6.45, 7) is 0.837. The molecule has 1 fully saturated rings. The molecule has 1 aromatic heterocycles. The lowest BCUT2D eigenvalue weighted by Gasteiger charge is -2.27. The molecule has 7 nitrogen and oxygen atoms in total. The van der Waals surface area contributed by atoms with Crippen LogP contribution < -0.4 is 10.2 Å². The van der Waals surface area contributed by atoms with Crippen molar-refractivity contribution in [1.29, 1.82) is 0 Å². The number of aryl methyl sites for hydroxylation is 1. The highest BCUT2D eigenvalue weighted by atomic mass is 16.2. The van der Waals surface area contributed by atoms with Gasteiger partial charge in [-0.15, -0.1) is 0 Å². The number of nitrogens with zero attached hydrogens (tertiary/aromatic N) is 4. The molecule has 1 N–H and O–H groups in total. The highest BCUT2D eigenvalue weighted by Gasteiger charge is 2.26. The zero-order chi connectivity index (χ0) is 17.8. The minimum absolute atomic E-state index is 0.0606. The normalized spacial score (nSPS) is 20.6. The fraction of sp³-hybridized carbons (Fsp3) is 0.667. The zero-order valence-corrected chi connectivity index (χ0v) is 15.1. The van der Waals surface area contributed by atoms with Crippen LogP contribution in [0.5, 0.6) is 0 Å². The number of hydrogen-bond acceptors (Lipinski definition) is 5. The van der Waals surface area contributed by atoms with E-state index in [1.165, 1.54) is 0 Å². The Morgan fingerprint density at radius 3 is 2.92 bits per heavy atom. The lowest BCUT2D eigenvalue weighted by atomic mass is 9.92. The van der Waals surface area contributed by atoms with Gasteiger partial charge in [-0.2, -0.15) is 0 Å². The lowest BCUT2D eigenvalue weighted by Crippen LogP contribution is -2.42. The summed E-state index contributed by atoms with van der Waals surface area (Å²) in [6.07, 6.45) is 8.15. The van der Waals surface area contributed by atoms with E-state index in [4.69, 9.17) is 0 Å². The molecule has 1 aliphatic heterocycles. The number of anilines is 1. The van der Waals surface area contributed by atoms with E-state index in [9.17, 15) is 9.59 Å². The molecule has 3 rings (SSSR count). The van der Waals surface area contributed by atoms with Crippen molar-refractivity contribution in [2.45, 2.75) is 51.0 Å². The highest BCUT2D eigenvalue weighted by molar-refractivity contribution is 5.85. The Bertz CT molecular complexity index is 646. The maximum atomic E-state index is 12.5. The molecule has 2 aliphatic rings. The van der Waals surface area contributed by atoms with Crippen LogP contribution in [0.3, 0.4) is 0 Å². The quantitative estimate of drug-likeness (QED) is 0.893. The Hall–Kier alpha value is -2.18. The van der Waals surface area contributed by atoms with Crippen LogP contribution in [0, 0.1) is 0 Å². The monoisotopic (exact) mass is 345 g/mol. The van der Waals surface area contributed by atoms with E-state index in [0.29, 0.717) is 18.9 Å². The van der Waals surface area contributed by atoms with E-state index >= 15 is 0 Å². The minimum atomic E-state index is -0.0928. The lowest BCUT2D eigenvalue weighted by molar-refractivity contribution is -0.135. The highest BCUT2D eigenvalue weighted by Crippen LogP contribution is 2.29. The van der Waals surface area contributed by atoms with Gasteiger partial charge < -0.3 is 15.1 Å². The number of rotatable bonds is 4. The summed E-state index contributed by atoms with van der Waals surface area (Å²) < 4.78 is 0. The SMILES string of the molecule is CN(C)c1ncc2c(n1)CCC[C@H]2NC(=O)CN1CCCCCC1=O. The van der Waals surface area contributed by atoms with Crippen molar-refractivity contribution < 1.29 is 9.59 Å². The van der Waals surface area contributed by atoms with Crippen LogP contribution in [0.25, 0.3) is 0 Å². The molecule has 0 radical (unpaired) electrons. The standard InChI is InChI=1S/C18H27N5O2/c1-22(2)18-19-11-13-14(7-6-8-15(13)21-18)20-16(24)12-23-10-5-3-4-9-17(23)25/h11,14H,3-10,12H2,1-2H3,(H,20,24)/t14-/m1/s1. The summed E-state index contributed by atoms with van der Waals surface area (Å²) in [5, 5.41) is 3.09. The number of aromatic nitrogens is 2. The molecule has 0 spiro atoms. The van der Waals surface area contributed by atoms with Crippen LogP contribution >= 0.6 is 0 Å². The average Bonchev–Trinajstić information content (AvgIpc) is 2.79. The maximum absolute atomic E-state index is 12.5. The van der Waals surface area contributed by atoms with Crippen molar-refractivity contribution in [3.8, 4) is 0 Å². The molecule has 1 saturated heterocycles. The molecule has 1 aliphatic carbocycles. The predicted octanol–water partition coefficient (Wildman–Crippen LogP) is 1.44. The van der Waals surface area contributed by atoms with Crippen molar-refractivity contribution in [3.63, 3.8) is 0 Å². The van der Waals surface area contributed by atoms with Gasteiger partial charge in [0.15, 0.2) is 0 Å². The van der Waals surface area contributed by atoms with E-state index in [1.54, 1.807) is 4.90 Å². The first-order valence-corrected chi connectivity index (χ1v) is 9.15. The summed E-state index contributed by atoms with van der Waals surface area (Å²) >= 11 is 0. The molecule has 136 valence electrons. The molecule has 2 amide bonds. The van der Waals surface area contributed by atoms with Gasteiger partial charge in [-0.05, 0) is 32.1 Å². The summed E-state index contributed by atoms with van der Waals surface area (Å²) in [6, 6.07) is -0.0606. The molecule has 0 saturated carbocycles. The van der Waals surface area contributed by atoms with Crippen LogP contribution in [0.4, 0.5) is 5.95 Å². The van der Waals surface area contributed by atoms with Gasteiger partial charge in [-0.25, -0.2) is 9.97 Å². The van der Waals surface area contributed by atoms with Gasteiger partial charge >= 0.3 is 0 Å². The third-order valence-electron chi connectivity index (χ3n) is 4.91. The number of fused-ring (bicyclic) bond motifs is 1. The van der Waals surface area contributed by atoms with Crippen molar-refractivity contribution in [2.24, 2.45) is 0 Å². The van der Waals surface area contributed by atoms with E-state index in [1.807, 2.05) is 25.2 Å². The van der Waals surface area contributed by atoms with Crippen molar-refractivity contribution in [3.05, 3.63) is 17.5 Å². The van der Waals surface area contributed by atoms with Gasteiger partial charge in [0.25, 0.3) is 0 Å². The topological polar surface area (TPSA) is 78.4 Å². The number of carbonyl (C=O) groups is 2. The molecular weight excluding hydrogens is 318 g/mol. The summed E-state index contributed by atoms with van der Waals surface area (Å²) in [7, 11) is 3.84. The van der Waals surface area contributed by atoms with Crippen LogP contribution in [0.2, 0.25) is 0 Å². The molecule has 0 unspecified atom stereocenters.